The van der Waals surface area contributed by atoms with Crippen molar-refractivity contribution in [3.8, 4) is 11.1 Å². The third-order valence-electron chi connectivity index (χ3n) is 7.83. The van der Waals surface area contributed by atoms with Gasteiger partial charge in [-0.2, -0.15) is 0 Å². The minimum absolute atomic E-state index is 0.288. The summed E-state index contributed by atoms with van der Waals surface area (Å²) in [5, 5.41) is 8.09. The lowest BCUT2D eigenvalue weighted by atomic mass is 10.0. The molecule has 1 amide bonds. The van der Waals surface area contributed by atoms with E-state index >= 15 is 0 Å². The number of halogens is 1. The van der Waals surface area contributed by atoms with Crippen LogP contribution < -0.4 is 16.9 Å². The molecule has 0 radical (unpaired) electrons. The van der Waals surface area contributed by atoms with Crippen molar-refractivity contribution in [3.63, 3.8) is 0 Å². The number of hydrogen-bond donors (Lipinski definition) is 3. The van der Waals surface area contributed by atoms with E-state index < -0.39 is 17.7 Å². The molecule has 0 unspecified atom stereocenters. The SMILES string of the molecule is COC(=O)c1ccc2c(c1)nc(NCCN(N)/C=C(\N)CCN(Cc1ccc(-c3ccccc3)c(Cl)c1)C(=O)OC(C)(C)C)c1ccncc12. The number of hydrogen-bond acceptors (Lipinski definition) is 10. The normalized spacial score (nSPS) is 11.8. The number of nitrogens with zero attached hydrogens (tertiary/aromatic N) is 4. The van der Waals surface area contributed by atoms with Gasteiger partial charge in [0.1, 0.15) is 11.4 Å². The van der Waals surface area contributed by atoms with Crippen molar-refractivity contribution in [2.45, 2.75) is 39.3 Å². The molecule has 12 heteroatoms. The highest BCUT2D eigenvalue weighted by Crippen LogP contribution is 2.30. The Balaban J connectivity index is 1.23. The molecule has 50 heavy (non-hydrogen) atoms. The number of esters is 1. The largest absolute Gasteiger partial charge is 0.465 e. The molecule has 5 N–H and O–H groups in total. The van der Waals surface area contributed by atoms with Crippen LogP contribution in [0.25, 0.3) is 32.8 Å². The fraction of sp³-hybridized carbons (Fsp3) is 0.263. The smallest absolute Gasteiger partial charge is 0.410 e. The highest BCUT2D eigenvalue weighted by atomic mass is 35.5. The maximum atomic E-state index is 13.2. The number of nitrogens with two attached hydrogens (primary N) is 2. The van der Waals surface area contributed by atoms with E-state index in [4.69, 9.17) is 37.6 Å². The molecule has 11 nitrogen and oxygen atoms in total. The lowest BCUT2D eigenvalue weighted by Crippen LogP contribution is -2.37. The van der Waals surface area contributed by atoms with Crippen molar-refractivity contribution in [2.75, 3.05) is 32.1 Å². The molecule has 0 bridgehead atoms. The molecule has 0 aliphatic rings. The molecule has 0 aliphatic carbocycles. The first kappa shape index (κ1) is 35.9. The average Bonchev–Trinajstić information content (AvgIpc) is 3.09. The summed E-state index contributed by atoms with van der Waals surface area (Å²) in [5.74, 6) is 6.49. The maximum absolute atomic E-state index is 13.2. The van der Waals surface area contributed by atoms with Gasteiger partial charge in [-0.25, -0.2) is 20.4 Å². The quantitative estimate of drug-likeness (QED) is 0.0534. The van der Waals surface area contributed by atoms with Gasteiger partial charge in [0.2, 0.25) is 0 Å². The van der Waals surface area contributed by atoms with E-state index in [1.54, 1.807) is 35.6 Å². The Bertz CT molecular complexity index is 2010. The molecular weight excluding hydrogens is 654 g/mol. The average molecular weight is 696 g/mol. The first-order valence-corrected chi connectivity index (χ1v) is 16.6. The zero-order chi connectivity index (χ0) is 35.8. The standard InChI is InChI=1S/C38H42ClN7O4/c1-38(2,3)50-37(48)45(23-25-10-12-29(33(39)20-25)26-8-6-5-7-9-26)18-15-28(40)24-46(41)19-17-43-35-31-14-16-42-22-32(31)30-13-11-27(36(47)49-4)21-34(30)44-35/h5-14,16,20-22,24H,15,17-19,23,40-41H2,1-4H3,(H,43,44)/b28-24-. The lowest BCUT2D eigenvalue weighted by molar-refractivity contribution is 0.0235. The summed E-state index contributed by atoms with van der Waals surface area (Å²) in [6.45, 7) is 6.92. The van der Waals surface area contributed by atoms with Crippen molar-refractivity contribution in [3.05, 3.63) is 113 Å². The molecule has 2 heterocycles. The monoisotopic (exact) mass is 695 g/mol. The van der Waals surface area contributed by atoms with Crippen molar-refractivity contribution in [1.82, 2.24) is 19.9 Å². The molecule has 260 valence electrons. The number of ether oxygens (including phenoxy) is 2. The molecule has 0 spiro atoms. The maximum Gasteiger partial charge on any atom is 0.410 e. The molecule has 0 aliphatic heterocycles. The van der Waals surface area contributed by atoms with Gasteiger partial charge in [0, 0.05) is 77.1 Å². The van der Waals surface area contributed by atoms with Gasteiger partial charge >= 0.3 is 12.1 Å². The van der Waals surface area contributed by atoms with Gasteiger partial charge in [0.15, 0.2) is 0 Å². The second-order valence-electron chi connectivity index (χ2n) is 12.8. The number of fused-ring (bicyclic) bond motifs is 3. The third-order valence-corrected chi connectivity index (χ3v) is 8.14. The first-order chi connectivity index (χ1) is 23.9. The predicted molar refractivity (Wildman–Crippen MR) is 198 cm³/mol. The summed E-state index contributed by atoms with van der Waals surface area (Å²) in [7, 11) is 1.34. The van der Waals surface area contributed by atoms with Crippen LogP contribution in [0.4, 0.5) is 10.6 Å². The second kappa shape index (κ2) is 15.9. The Morgan fingerprint density at radius 3 is 2.48 bits per heavy atom. The summed E-state index contributed by atoms with van der Waals surface area (Å²) in [5.41, 5.74) is 10.0. The zero-order valence-corrected chi connectivity index (χ0v) is 29.4. The molecule has 5 aromatic rings. The van der Waals surface area contributed by atoms with Gasteiger partial charge in [0.05, 0.1) is 24.7 Å². The van der Waals surface area contributed by atoms with Crippen molar-refractivity contribution in [2.24, 2.45) is 11.6 Å². The fourth-order valence-corrected chi connectivity index (χ4v) is 5.74. The van der Waals surface area contributed by atoms with E-state index in [9.17, 15) is 9.59 Å². The minimum Gasteiger partial charge on any atom is -0.465 e. The number of carbonyl (C=O) groups is 2. The number of aromatic nitrogens is 2. The predicted octanol–water partition coefficient (Wildman–Crippen LogP) is 7.11. The highest BCUT2D eigenvalue weighted by Gasteiger charge is 2.23. The number of benzene rings is 3. The van der Waals surface area contributed by atoms with E-state index in [1.807, 2.05) is 81.4 Å². The van der Waals surface area contributed by atoms with E-state index in [0.717, 1.165) is 32.8 Å². The summed E-state index contributed by atoms with van der Waals surface area (Å²) in [6.07, 6.45) is 5.04. The summed E-state index contributed by atoms with van der Waals surface area (Å²) < 4.78 is 10.6. The van der Waals surface area contributed by atoms with Crippen LogP contribution in [0, 0.1) is 0 Å². The van der Waals surface area contributed by atoms with Crippen LogP contribution in [0.1, 0.15) is 43.1 Å². The van der Waals surface area contributed by atoms with E-state index in [2.05, 4.69) is 10.3 Å². The number of rotatable bonds is 12. The number of methoxy groups -OCH3 is 1. The van der Waals surface area contributed by atoms with Crippen LogP contribution in [0.3, 0.4) is 0 Å². The van der Waals surface area contributed by atoms with Gasteiger partial charge < -0.3 is 30.4 Å². The number of hydrazine groups is 1. The van der Waals surface area contributed by atoms with Gasteiger partial charge in [-0.1, -0.05) is 60.1 Å². The van der Waals surface area contributed by atoms with E-state index in [1.165, 1.54) is 12.1 Å². The van der Waals surface area contributed by atoms with Gasteiger partial charge in [-0.05, 0) is 56.2 Å². The number of pyridine rings is 2. The molecule has 3 aromatic carbocycles. The van der Waals surface area contributed by atoms with Gasteiger partial charge in [0.25, 0.3) is 0 Å². The van der Waals surface area contributed by atoms with E-state index in [-0.39, 0.29) is 6.54 Å². The topological polar surface area (TPSA) is 149 Å². The Kier molecular flexibility index (Phi) is 11.4. The van der Waals surface area contributed by atoms with Crippen LogP contribution in [0.5, 0.6) is 0 Å². The van der Waals surface area contributed by atoms with Crippen LogP contribution in [0.15, 0.2) is 97.1 Å². The third kappa shape index (κ3) is 9.19. The van der Waals surface area contributed by atoms with Crippen LogP contribution in [0.2, 0.25) is 5.02 Å². The first-order valence-electron chi connectivity index (χ1n) is 16.2. The van der Waals surface area contributed by atoms with Gasteiger partial charge in [-0.15, -0.1) is 0 Å². The molecular formula is C38H42ClN7O4. The number of carbonyl (C=O) groups excluding carboxylic acids is 2. The van der Waals surface area contributed by atoms with Crippen molar-refractivity contribution >= 4 is 51.2 Å². The summed E-state index contributed by atoms with van der Waals surface area (Å²) in [4.78, 5) is 36.0. The Hall–Kier alpha value is -5.39. The van der Waals surface area contributed by atoms with E-state index in [0.29, 0.717) is 53.7 Å². The van der Waals surface area contributed by atoms with Crippen LogP contribution >= 0.6 is 11.6 Å². The summed E-state index contributed by atoms with van der Waals surface area (Å²) in [6, 6.07) is 22.8. The Morgan fingerprint density at radius 2 is 1.76 bits per heavy atom. The molecule has 0 saturated heterocycles. The zero-order valence-electron chi connectivity index (χ0n) is 28.7. The lowest BCUT2D eigenvalue weighted by Gasteiger charge is -2.28. The molecule has 0 atom stereocenters. The van der Waals surface area contributed by atoms with Gasteiger partial charge in [-0.3, -0.25) is 4.98 Å². The fourth-order valence-electron chi connectivity index (χ4n) is 5.43. The Labute approximate surface area is 296 Å². The molecule has 5 rings (SSSR count). The number of amides is 1. The van der Waals surface area contributed by atoms with Crippen molar-refractivity contribution < 1.29 is 19.1 Å². The number of anilines is 1. The second-order valence-corrected chi connectivity index (χ2v) is 13.2. The van der Waals surface area contributed by atoms with Crippen LogP contribution in [-0.4, -0.2) is 64.3 Å². The minimum atomic E-state index is -0.669. The van der Waals surface area contributed by atoms with Crippen LogP contribution in [-0.2, 0) is 16.0 Å². The number of nitrogens with one attached hydrogen (secondary N) is 1. The molecule has 0 fully saturated rings. The molecule has 2 aromatic heterocycles. The van der Waals surface area contributed by atoms with Crippen molar-refractivity contribution in [1.29, 1.82) is 0 Å². The Morgan fingerprint density at radius 1 is 0.980 bits per heavy atom. The summed E-state index contributed by atoms with van der Waals surface area (Å²) >= 11 is 6.66. The highest BCUT2D eigenvalue weighted by molar-refractivity contribution is 6.33. The molecule has 0 saturated carbocycles.